The predicted octanol–water partition coefficient (Wildman–Crippen LogP) is 1.66. The monoisotopic (exact) mass is 292 g/mol. The number of nitrogens with zero attached hydrogens (tertiary/aromatic N) is 1. The van der Waals surface area contributed by atoms with Gasteiger partial charge in [0.1, 0.15) is 6.54 Å². The molecule has 0 radical (unpaired) electrons. The van der Waals surface area contributed by atoms with Crippen LogP contribution < -0.4 is 5.73 Å². The summed E-state index contributed by atoms with van der Waals surface area (Å²) in [5, 5.41) is 8.95. The molecule has 116 valence electrons. The molecule has 5 heteroatoms. The van der Waals surface area contributed by atoms with E-state index in [0.29, 0.717) is 12.8 Å². The van der Waals surface area contributed by atoms with Gasteiger partial charge in [0.05, 0.1) is 6.04 Å². The van der Waals surface area contributed by atoms with E-state index in [1.807, 2.05) is 30.3 Å². The first kappa shape index (κ1) is 17.2. The maximum absolute atomic E-state index is 12.4. The van der Waals surface area contributed by atoms with Crippen LogP contribution in [0.2, 0.25) is 0 Å². The third kappa shape index (κ3) is 5.55. The molecule has 0 fully saturated rings. The SMILES string of the molecule is CC(C)(C)N(CC(=O)O)C(=O)C(N)CCc1ccccc1. The summed E-state index contributed by atoms with van der Waals surface area (Å²) in [5.74, 6) is -1.35. The first-order valence-electron chi connectivity index (χ1n) is 7.04. The van der Waals surface area contributed by atoms with Gasteiger partial charge in [-0.2, -0.15) is 0 Å². The molecule has 1 atom stereocenters. The zero-order valence-corrected chi connectivity index (χ0v) is 12.9. The summed E-state index contributed by atoms with van der Waals surface area (Å²) in [6.07, 6.45) is 1.19. The Labute approximate surface area is 125 Å². The minimum atomic E-state index is -1.03. The van der Waals surface area contributed by atoms with Gasteiger partial charge in [0.2, 0.25) is 5.91 Å². The molecule has 1 aromatic carbocycles. The standard InChI is InChI=1S/C16H24N2O3/c1-16(2,3)18(11-14(19)20)15(21)13(17)10-9-12-7-5-4-6-8-12/h4-8,13H,9-11,17H2,1-3H3,(H,19,20). The van der Waals surface area contributed by atoms with Crippen LogP contribution >= 0.6 is 0 Å². The molecule has 0 aliphatic heterocycles. The van der Waals surface area contributed by atoms with Crippen LogP contribution in [0.15, 0.2) is 30.3 Å². The summed E-state index contributed by atoms with van der Waals surface area (Å²) in [7, 11) is 0. The molecule has 21 heavy (non-hydrogen) atoms. The number of nitrogens with two attached hydrogens (primary N) is 1. The number of aryl methyl sites for hydroxylation is 1. The van der Waals surface area contributed by atoms with E-state index in [-0.39, 0.29) is 12.5 Å². The molecule has 0 aliphatic carbocycles. The van der Waals surface area contributed by atoms with Crippen LogP contribution in [-0.4, -0.2) is 40.0 Å². The minimum Gasteiger partial charge on any atom is -0.480 e. The Hall–Kier alpha value is -1.88. The molecular formula is C16H24N2O3. The molecule has 0 aromatic heterocycles. The van der Waals surface area contributed by atoms with Crippen molar-refractivity contribution in [1.29, 1.82) is 0 Å². The van der Waals surface area contributed by atoms with E-state index in [9.17, 15) is 9.59 Å². The van der Waals surface area contributed by atoms with Crippen molar-refractivity contribution in [3.05, 3.63) is 35.9 Å². The van der Waals surface area contributed by atoms with Gasteiger partial charge in [0.15, 0.2) is 0 Å². The Morgan fingerprint density at radius 3 is 2.29 bits per heavy atom. The van der Waals surface area contributed by atoms with E-state index >= 15 is 0 Å². The van der Waals surface area contributed by atoms with Crippen molar-refractivity contribution in [2.45, 2.75) is 45.2 Å². The Morgan fingerprint density at radius 1 is 1.24 bits per heavy atom. The number of hydrogen-bond acceptors (Lipinski definition) is 3. The summed E-state index contributed by atoms with van der Waals surface area (Å²) in [6, 6.07) is 9.08. The zero-order valence-electron chi connectivity index (χ0n) is 12.9. The maximum atomic E-state index is 12.4. The van der Waals surface area contributed by atoms with Gasteiger partial charge in [-0.15, -0.1) is 0 Å². The smallest absolute Gasteiger partial charge is 0.323 e. The molecular weight excluding hydrogens is 268 g/mol. The van der Waals surface area contributed by atoms with Crippen LogP contribution in [0, 0.1) is 0 Å². The fourth-order valence-electron chi connectivity index (χ4n) is 2.07. The molecule has 0 saturated carbocycles. The van der Waals surface area contributed by atoms with Gasteiger partial charge in [0.25, 0.3) is 0 Å². The van der Waals surface area contributed by atoms with Crippen molar-refractivity contribution in [1.82, 2.24) is 4.90 Å². The number of rotatable bonds is 6. The molecule has 0 spiro atoms. The summed E-state index contributed by atoms with van der Waals surface area (Å²) < 4.78 is 0. The molecule has 0 saturated heterocycles. The first-order valence-corrected chi connectivity index (χ1v) is 7.04. The fourth-order valence-corrected chi connectivity index (χ4v) is 2.07. The number of carboxylic acids is 1. The highest BCUT2D eigenvalue weighted by Gasteiger charge is 2.31. The molecule has 0 heterocycles. The topological polar surface area (TPSA) is 83.6 Å². The van der Waals surface area contributed by atoms with Crippen LogP contribution in [-0.2, 0) is 16.0 Å². The lowest BCUT2D eigenvalue weighted by atomic mass is 10.0. The lowest BCUT2D eigenvalue weighted by Gasteiger charge is -2.36. The van der Waals surface area contributed by atoms with Crippen molar-refractivity contribution in [2.75, 3.05) is 6.54 Å². The Balaban J connectivity index is 2.68. The van der Waals surface area contributed by atoms with Crippen LogP contribution in [0.25, 0.3) is 0 Å². The van der Waals surface area contributed by atoms with E-state index in [0.717, 1.165) is 5.56 Å². The van der Waals surface area contributed by atoms with Crippen molar-refractivity contribution >= 4 is 11.9 Å². The molecule has 0 aliphatic rings. The fraction of sp³-hybridized carbons (Fsp3) is 0.500. The van der Waals surface area contributed by atoms with E-state index in [1.54, 1.807) is 20.8 Å². The number of carbonyl (C=O) groups excluding carboxylic acids is 1. The minimum absolute atomic E-state index is 0.319. The van der Waals surface area contributed by atoms with Gasteiger partial charge in [0, 0.05) is 5.54 Å². The second kappa shape index (κ2) is 7.22. The van der Waals surface area contributed by atoms with Crippen molar-refractivity contribution < 1.29 is 14.7 Å². The number of amides is 1. The highest BCUT2D eigenvalue weighted by Crippen LogP contribution is 2.15. The molecule has 1 unspecified atom stereocenters. The second-order valence-corrected chi connectivity index (χ2v) is 6.12. The average Bonchev–Trinajstić information content (AvgIpc) is 2.41. The lowest BCUT2D eigenvalue weighted by molar-refractivity contribution is -0.149. The number of benzene rings is 1. The third-order valence-electron chi connectivity index (χ3n) is 3.27. The Kier molecular flexibility index (Phi) is 5.90. The molecule has 1 rings (SSSR count). The maximum Gasteiger partial charge on any atom is 0.323 e. The second-order valence-electron chi connectivity index (χ2n) is 6.12. The molecule has 1 aromatic rings. The van der Waals surface area contributed by atoms with Crippen LogP contribution in [0.5, 0.6) is 0 Å². The highest BCUT2D eigenvalue weighted by molar-refractivity contribution is 5.85. The van der Waals surface area contributed by atoms with Crippen molar-refractivity contribution in [3.8, 4) is 0 Å². The van der Waals surface area contributed by atoms with Crippen molar-refractivity contribution in [3.63, 3.8) is 0 Å². The molecule has 5 nitrogen and oxygen atoms in total. The molecule has 3 N–H and O–H groups in total. The number of carboxylic acid groups (broad SMARTS) is 1. The van der Waals surface area contributed by atoms with Gasteiger partial charge < -0.3 is 15.7 Å². The van der Waals surface area contributed by atoms with E-state index in [2.05, 4.69) is 0 Å². The van der Waals surface area contributed by atoms with Crippen LogP contribution in [0.1, 0.15) is 32.8 Å². The Morgan fingerprint density at radius 2 is 1.81 bits per heavy atom. The summed E-state index contributed by atoms with van der Waals surface area (Å²) in [4.78, 5) is 24.6. The lowest BCUT2D eigenvalue weighted by Crippen LogP contribution is -2.54. The Bertz CT molecular complexity index is 480. The predicted molar refractivity (Wildman–Crippen MR) is 81.8 cm³/mol. The van der Waals surface area contributed by atoms with Gasteiger partial charge in [-0.25, -0.2) is 0 Å². The van der Waals surface area contributed by atoms with E-state index in [1.165, 1.54) is 4.90 Å². The summed E-state index contributed by atoms with van der Waals surface area (Å²) >= 11 is 0. The van der Waals surface area contributed by atoms with Crippen LogP contribution in [0.4, 0.5) is 0 Å². The van der Waals surface area contributed by atoms with Gasteiger partial charge >= 0.3 is 5.97 Å². The van der Waals surface area contributed by atoms with Gasteiger partial charge in [-0.1, -0.05) is 30.3 Å². The summed E-state index contributed by atoms with van der Waals surface area (Å²) in [6.45, 7) is 5.08. The van der Waals surface area contributed by atoms with Gasteiger partial charge in [-0.05, 0) is 39.2 Å². The molecule has 0 bridgehead atoms. The average molecular weight is 292 g/mol. The molecule has 1 amide bonds. The zero-order chi connectivity index (χ0) is 16.0. The largest absolute Gasteiger partial charge is 0.480 e. The normalized spacial score (nSPS) is 12.8. The van der Waals surface area contributed by atoms with Crippen LogP contribution in [0.3, 0.4) is 0 Å². The number of aliphatic carboxylic acids is 1. The quantitative estimate of drug-likeness (QED) is 0.835. The number of hydrogen-bond donors (Lipinski definition) is 2. The highest BCUT2D eigenvalue weighted by atomic mass is 16.4. The third-order valence-corrected chi connectivity index (χ3v) is 3.27. The first-order chi connectivity index (χ1) is 9.71. The number of carbonyl (C=O) groups is 2. The van der Waals surface area contributed by atoms with E-state index in [4.69, 9.17) is 10.8 Å². The van der Waals surface area contributed by atoms with Gasteiger partial charge in [-0.3, -0.25) is 9.59 Å². The van der Waals surface area contributed by atoms with Crippen molar-refractivity contribution in [2.24, 2.45) is 5.73 Å². The summed E-state index contributed by atoms with van der Waals surface area (Å²) in [5.41, 5.74) is 6.50. The van der Waals surface area contributed by atoms with E-state index < -0.39 is 17.6 Å².